The van der Waals surface area contributed by atoms with Gasteiger partial charge in [-0.25, -0.2) is 18.8 Å². The van der Waals surface area contributed by atoms with Crippen molar-refractivity contribution in [2.45, 2.75) is 30.7 Å². The lowest BCUT2D eigenvalue weighted by molar-refractivity contribution is -0.290. The predicted molar refractivity (Wildman–Crippen MR) is 144 cm³/mol. The summed E-state index contributed by atoms with van der Waals surface area (Å²) in [6, 6.07) is 21.8. The number of benzene rings is 3. The number of carbonyl (C=O) groups excluding carboxylic acids is 3. The molecule has 1 heterocycles. The second-order valence-corrected chi connectivity index (χ2v) is 8.69. The third-order valence-corrected chi connectivity index (χ3v) is 5.84. The lowest BCUT2D eigenvalue weighted by Crippen LogP contribution is -2.63. The Hall–Kier alpha value is -4.72. The molecule has 5 atom stereocenters. The van der Waals surface area contributed by atoms with Gasteiger partial charge in [-0.05, 0) is 42.5 Å². The van der Waals surface area contributed by atoms with Gasteiger partial charge in [0.25, 0.3) is 0 Å². The van der Waals surface area contributed by atoms with Crippen molar-refractivity contribution in [1.82, 2.24) is 0 Å². The second kappa shape index (κ2) is 14.1. The van der Waals surface area contributed by atoms with Crippen LogP contribution in [0.5, 0.6) is 0 Å². The average molecular weight is 570 g/mol. The van der Waals surface area contributed by atoms with E-state index in [2.05, 4.69) is 16.0 Å². The first-order chi connectivity index (χ1) is 19.9. The molecule has 3 aromatic carbocycles. The van der Waals surface area contributed by atoms with Crippen molar-refractivity contribution in [2.75, 3.05) is 29.7 Å². The molecule has 0 radical (unpaired) electrons. The summed E-state index contributed by atoms with van der Waals surface area (Å²) < 4.78 is 41.3. The number of hydrogen-bond donors (Lipinski definition) is 4. The number of aliphatic hydroxyl groups excluding tert-OH is 1. The number of para-hydroxylation sites is 2. The summed E-state index contributed by atoms with van der Waals surface area (Å²) in [5.41, 5.74) is 0.890. The van der Waals surface area contributed by atoms with Gasteiger partial charge in [0, 0.05) is 24.2 Å². The number of hydrogen-bond acceptors (Lipinski definition) is 9. The van der Waals surface area contributed by atoms with Crippen LogP contribution in [-0.4, -0.2) is 67.8 Å². The molecule has 0 saturated carbocycles. The van der Waals surface area contributed by atoms with Gasteiger partial charge in [-0.2, -0.15) is 0 Å². The van der Waals surface area contributed by atoms with Crippen LogP contribution in [0.3, 0.4) is 0 Å². The molecule has 0 unspecified atom stereocenters. The Morgan fingerprint density at radius 3 is 1.73 bits per heavy atom. The smallest absolute Gasteiger partial charge is 0.412 e. The summed E-state index contributed by atoms with van der Waals surface area (Å²) in [4.78, 5) is 38.5. The Labute approximate surface area is 234 Å². The second-order valence-electron chi connectivity index (χ2n) is 8.69. The molecule has 0 aromatic heterocycles. The molecule has 13 heteroatoms. The van der Waals surface area contributed by atoms with E-state index in [-0.39, 0.29) is 5.69 Å². The van der Waals surface area contributed by atoms with E-state index in [4.69, 9.17) is 23.7 Å². The minimum Gasteiger partial charge on any atom is -0.439 e. The number of carbonyl (C=O) groups is 3. The lowest BCUT2D eigenvalue weighted by Gasteiger charge is -2.43. The average Bonchev–Trinajstić information content (AvgIpc) is 2.96. The highest BCUT2D eigenvalue weighted by Crippen LogP contribution is 2.30. The van der Waals surface area contributed by atoms with Crippen molar-refractivity contribution in [2.24, 2.45) is 0 Å². The van der Waals surface area contributed by atoms with E-state index >= 15 is 0 Å². The Morgan fingerprint density at radius 1 is 0.732 bits per heavy atom. The minimum absolute atomic E-state index is 0.0800. The van der Waals surface area contributed by atoms with Crippen LogP contribution in [0.2, 0.25) is 0 Å². The standard InChI is InChI=1S/C28H28FN3O9/c1-37-25-24(41-27(35)31-19-12-6-3-7-13-19)23(40-26(34)30-18-10-4-2-5-11-18)22(21(16-33)38-25)39-28(36)32-20-14-8-9-17(29)15-20/h2-15,21-25,33H,16H2,1H3,(H,30,34)(H,31,35)(H,32,36)/t21-,22-,23+,24+,25+/m1/s1. The molecule has 41 heavy (non-hydrogen) atoms. The zero-order chi connectivity index (χ0) is 29.2. The number of ether oxygens (including phenoxy) is 5. The number of anilines is 3. The minimum atomic E-state index is -1.53. The number of amides is 3. The number of aliphatic hydroxyl groups is 1. The van der Waals surface area contributed by atoms with Crippen LogP contribution in [0.25, 0.3) is 0 Å². The van der Waals surface area contributed by atoms with Crippen molar-refractivity contribution < 1.29 is 47.6 Å². The highest BCUT2D eigenvalue weighted by Gasteiger charge is 2.52. The molecular formula is C28H28FN3O9. The van der Waals surface area contributed by atoms with Gasteiger partial charge in [0.05, 0.1) is 6.61 Å². The van der Waals surface area contributed by atoms with Crippen molar-refractivity contribution in [3.63, 3.8) is 0 Å². The molecule has 4 rings (SSSR count). The van der Waals surface area contributed by atoms with E-state index in [0.717, 1.165) is 6.07 Å². The summed E-state index contributed by atoms with van der Waals surface area (Å²) in [5.74, 6) is -0.600. The predicted octanol–water partition coefficient (Wildman–Crippen LogP) is 4.34. The highest BCUT2D eigenvalue weighted by atomic mass is 19.1. The van der Waals surface area contributed by atoms with Gasteiger partial charge in [0.2, 0.25) is 0 Å². The van der Waals surface area contributed by atoms with Crippen LogP contribution in [0.15, 0.2) is 84.9 Å². The van der Waals surface area contributed by atoms with Gasteiger partial charge in [0.1, 0.15) is 11.9 Å². The molecule has 1 aliphatic heterocycles. The largest absolute Gasteiger partial charge is 0.439 e. The summed E-state index contributed by atoms with van der Waals surface area (Å²) >= 11 is 0. The van der Waals surface area contributed by atoms with Gasteiger partial charge < -0.3 is 28.8 Å². The summed E-state index contributed by atoms with van der Waals surface area (Å²) in [6.45, 7) is -0.694. The van der Waals surface area contributed by atoms with Gasteiger partial charge in [-0.15, -0.1) is 0 Å². The van der Waals surface area contributed by atoms with Crippen LogP contribution in [0, 0.1) is 5.82 Å². The molecular weight excluding hydrogens is 541 g/mol. The highest BCUT2D eigenvalue weighted by molar-refractivity contribution is 5.86. The van der Waals surface area contributed by atoms with Crippen LogP contribution in [-0.2, 0) is 23.7 Å². The fourth-order valence-electron chi connectivity index (χ4n) is 4.04. The number of methoxy groups -OCH3 is 1. The third kappa shape index (κ3) is 8.14. The van der Waals surface area contributed by atoms with E-state index in [1.165, 1.54) is 25.3 Å². The summed E-state index contributed by atoms with van der Waals surface area (Å²) in [7, 11) is 1.25. The zero-order valence-corrected chi connectivity index (χ0v) is 21.8. The zero-order valence-electron chi connectivity index (χ0n) is 21.8. The molecule has 12 nitrogen and oxygen atoms in total. The Morgan fingerprint density at radius 2 is 1.22 bits per heavy atom. The fourth-order valence-corrected chi connectivity index (χ4v) is 4.04. The molecule has 0 bridgehead atoms. The van der Waals surface area contributed by atoms with E-state index in [0.29, 0.717) is 11.4 Å². The maximum absolute atomic E-state index is 13.6. The topological polar surface area (TPSA) is 154 Å². The van der Waals surface area contributed by atoms with Crippen molar-refractivity contribution in [1.29, 1.82) is 0 Å². The maximum Gasteiger partial charge on any atom is 0.412 e. The van der Waals surface area contributed by atoms with E-state index < -0.39 is 61.4 Å². The molecule has 0 spiro atoms. The quantitative estimate of drug-likeness (QED) is 0.290. The van der Waals surface area contributed by atoms with Gasteiger partial charge in [-0.1, -0.05) is 42.5 Å². The Kier molecular flexibility index (Phi) is 10.0. The van der Waals surface area contributed by atoms with E-state index in [1.807, 2.05) is 0 Å². The fraction of sp³-hybridized carbons (Fsp3) is 0.250. The number of rotatable bonds is 8. The van der Waals surface area contributed by atoms with E-state index in [1.54, 1.807) is 60.7 Å². The third-order valence-electron chi connectivity index (χ3n) is 5.84. The first-order valence-electron chi connectivity index (χ1n) is 12.4. The monoisotopic (exact) mass is 569 g/mol. The first kappa shape index (κ1) is 29.3. The molecule has 1 aliphatic rings. The summed E-state index contributed by atoms with van der Waals surface area (Å²) in [5, 5.41) is 17.5. The molecule has 1 saturated heterocycles. The molecule has 216 valence electrons. The van der Waals surface area contributed by atoms with Crippen LogP contribution >= 0.6 is 0 Å². The van der Waals surface area contributed by atoms with Gasteiger partial charge >= 0.3 is 18.3 Å². The number of nitrogens with one attached hydrogen (secondary N) is 3. The van der Waals surface area contributed by atoms with Crippen molar-refractivity contribution >= 4 is 35.3 Å². The van der Waals surface area contributed by atoms with Crippen LogP contribution in [0.1, 0.15) is 0 Å². The van der Waals surface area contributed by atoms with Gasteiger partial charge in [0.15, 0.2) is 24.6 Å². The summed E-state index contributed by atoms with van der Waals surface area (Å²) in [6.07, 6.45) is -10.1. The number of halogens is 1. The van der Waals surface area contributed by atoms with Crippen LogP contribution in [0.4, 0.5) is 35.8 Å². The molecule has 4 N–H and O–H groups in total. The van der Waals surface area contributed by atoms with E-state index in [9.17, 15) is 23.9 Å². The lowest BCUT2D eigenvalue weighted by atomic mass is 9.98. The normalized spacial score (nSPS) is 21.7. The molecule has 3 amide bonds. The maximum atomic E-state index is 13.6. The Bertz CT molecular complexity index is 1320. The first-order valence-corrected chi connectivity index (χ1v) is 12.4. The molecule has 1 fully saturated rings. The molecule has 0 aliphatic carbocycles. The molecule has 3 aromatic rings. The van der Waals surface area contributed by atoms with Crippen molar-refractivity contribution in [3.8, 4) is 0 Å². The van der Waals surface area contributed by atoms with Crippen molar-refractivity contribution in [3.05, 3.63) is 90.7 Å². The van der Waals surface area contributed by atoms with Gasteiger partial charge in [-0.3, -0.25) is 16.0 Å². The SMILES string of the molecule is CO[C@H]1O[C@H](CO)[C@@H](OC(=O)Nc2cccc(F)c2)[C@H](OC(=O)Nc2ccccc2)[C@@H]1OC(=O)Nc1ccccc1. The van der Waals surface area contributed by atoms with Crippen LogP contribution < -0.4 is 16.0 Å². The Balaban J connectivity index is 1.59.